The Bertz CT molecular complexity index is 895. The normalized spacial score (nSPS) is 12.4. The van der Waals surface area contributed by atoms with Crippen LogP contribution < -0.4 is 5.32 Å². The number of thiophene rings is 1. The third-order valence-electron chi connectivity index (χ3n) is 4.36. The fourth-order valence-corrected chi connectivity index (χ4v) is 4.57. The van der Waals surface area contributed by atoms with Gasteiger partial charge in [0.2, 0.25) is 0 Å². The summed E-state index contributed by atoms with van der Waals surface area (Å²) in [5.74, 6) is -1.51. The van der Waals surface area contributed by atoms with E-state index in [-0.39, 0.29) is 0 Å². The number of hydrogen-bond acceptors (Lipinski definition) is 6. The van der Waals surface area contributed by atoms with E-state index >= 15 is 0 Å². The van der Waals surface area contributed by atoms with Crippen molar-refractivity contribution in [2.75, 3.05) is 19.0 Å². The maximum absolute atomic E-state index is 12.2. The summed E-state index contributed by atoms with van der Waals surface area (Å²) in [4.78, 5) is 37.6. The molecule has 0 spiro atoms. The third-order valence-corrected chi connectivity index (χ3v) is 5.56. The fraction of sp³-hybridized carbons (Fsp3) is 0.350. The number of carbonyl (C=O) groups excluding carboxylic acids is 3. The summed E-state index contributed by atoms with van der Waals surface area (Å²) in [6.07, 6.45) is 2.68. The highest BCUT2D eigenvalue weighted by atomic mass is 32.1. The number of aryl methyl sites for hydroxylation is 3. The third kappa shape index (κ3) is 4.19. The van der Waals surface area contributed by atoms with Gasteiger partial charge in [-0.25, -0.2) is 9.59 Å². The lowest BCUT2D eigenvalue weighted by Gasteiger charge is -2.08. The van der Waals surface area contributed by atoms with Crippen LogP contribution in [0, 0.1) is 13.8 Å². The van der Waals surface area contributed by atoms with Crippen molar-refractivity contribution in [3.05, 3.63) is 50.9 Å². The van der Waals surface area contributed by atoms with Gasteiger partial charge < -0.3 is 14.8 Å². The zero-order valence-corrected chi connectivity index (χ0v) is 16.3. The highest BCUT2D eigenvalue weighted by Crippen LogP contribution is 2.39. The second-order valence-corrected chi connectivity index (χ2v) is 7.66. The van der Waals surface area contributed by atoms with E-state index in [0.29, 0.717) is 16.1 Å². The lowest BCUT2D eigenvalue weighted by molar-refractivity contribution is -0.119. The molecule has 0 fully saturated rings. The molecule has 0 saturated carbocycles. The Balaban J connectivity index is 1.66. The number of hydrogen-bond donors (Lipinski definition) is 1. The number of nitrogens with one attached hydrogen (secondary N) is 1. The van der Waals surface area contributed by atoms with E-state index in [9.17, 15) is 14.4 Å². The Kier molecular flexibility index (Phi) is 5.60. The minimum absolute atomic E-state index is 0.408. The molecular formula is C20H21NO5S. The van der Waals surface area contributed by atoms with Crippen molar-refractivity contribution >= 4 is 34.2 Å². The summed E-state index contributed by atoms with van der Waals surface area (Å²) in [6.45, 7) is 3.36. The van der Waals surface area contributed by atoms with Crippen LogP contribution in [0.4, 0.5) is 5.00 Å². The topological polar surface area (TPSA) is 81.7 Å². The molecule has 142 valence electrons. The lowest BCUT2D eigenvalue weighted by atomic mass is 10.1. The molecule has 6 nitrogen and oxygen atoms in total. The highest BCUT2D eigenvalue weighted by molar-refractivity contribution is 7.17. The molecule has 1 aromatic heterocycles. The van der Waals surface area contributed by atoms with Gasteiger partial charge in [0.1, 0.15) is 5.00 Å². The maximum atomic E-state index is 12.2. The molecule has 0 saturated heterocycles. The molecule has 0 atom stereocenters. The summed E-state index contributed by atoms with van der Waals surface area (Å²) >= 11 is 1.38. The van der Waals surface area contributed by atoms with Gasteiger partial charge in [-0.15, -0.1) is 11.3 Å². The number of anilines is 1. The van der Waals surface area contributed by atoms with Gasteiger partial charge in [-0.3, -0.25) is 4.79 Å². The number of carbonyl (C=O) groups is 3. The van der Waals surface area contributed by atoms with Crippen molar-refractivity contribution in [3.8, 4) is 0 Å². The Morgan fingerprint density at radius 2 is 1.78 bits per heavy atom. The van der Waals surface area contributed by atoms with Gasteiger partial charge in [0.15, 0.2) is 6.61 Å². The minimum Gasteiger partial charge on any atom is -0.465 e. The van der Waals surface area contributed by atoms with E-state index in [1.807, 2.05) is 19.9 Å². The standard InChI is InChI=1S/C20H21NO5S/c1-11-7-12(2)9-13(8-11)19(23)26-10-16(22)21-18-17(20(24)25-3)14-5-4-6-15(14)27-18/h7-9H,4-6,10H2,1-3H3,(H,21,22). The number of methoxy groups -OCH3 is 1. The van der Waals surface area contributed by atoms with Gasteiger partial charge in [0.25, 0.3) is 5.91 Å². The number of rotatable bonds is 5. The molecule has 1 aliphatic rings. The van der Waals surface area contributed by atoms with Crippen LogP contribution in [0.2, 0.25) is 0 Å². The second kappa shape index (κ2) is 7.92. The van der Waals surface area contributed by atoms with E-state index in [2.05, 4.69) is 5.32 Å². The minimum atomic E-state index is -0.557. The monoisotopic (exact) mass is 387 g/mol. The first-order valence-corrected chi connectivity index (χ1v) is 9.49. The highest BCUT2D eigenvalue weighted by Gasteiger charge is 2.28. The molecule has 1 N–H and O–H groups in total. The first-order valence-electron chi connectivity index (χ1n) is 8.67. The lowest BCUT2D eigenvalue weighted by Crippen LogP contribution is -2.21. The summed E-state index contributed by atoms with van der Waals surface area (Å²) in [6, 6.07) is 5.38. The number of esters is 2. The van der Waals surface area contributed by atoms with E-state index < -0.39 is 24.5 Å². The van der Waals surface area contributed by atoms with Crippen LogP contribution in [0.1, 0.15) is 48.7 Å². The van der Waals surface area contributed by atoms with E-state index in [1.165, 1.54) is 18.4 Å². The Hall–Kier alpha value is -2.67. The molecule has 0 aliphatic heterocycles. The first kappa shape index (κ1) is 19.1. The molecule has 7 heteroatoms. The average molecular weight is 387 g/mol. The van der Waals surface area contributed by atoms with Gasteiger partial charge >= 0.3 is 11.9 Å². The van der Waals surface area contributed by atoms with E-state index in [4.69, 9.17) is 9.47 Å². The Morgan fingerprint density at radius 1 is 1.07 bits per heavy atom. The van der Waals surface area contributed by atoms with Crippen molar-refractivity contribution in [3.63, 3.8) is 0 Å². The average Bonchev–Trinajstić information content (AvgIpc) is 3.18. The van der Waals surface area contributed by atoms with Gasteiger partial charge in [-0.1, -0.05) is 17.2 Å². The van der Waals surface area contributed by atoms with Crippen LogP contribution >= 0.6 is 11.3 Å². The molecule has 0 radical (unpaired) electrons. The SMILES string of the molecule is COC(=O)c1c(NC(=O)COC(=O)c2cc(C)cc(C)c2)sc2c1CCC2. The maximum Gasteiger partial charge on any atom is 0.341 e. The van der Waals surface area contributed by atoms with Crippen LogP contribution in [0.5, 0.6) is 0 Å². The molecule has 1 amide bonds. The summed E-state index contributed by atoms with van der Waals surface area (Å²) in [7, 11) is 1.32. The Labute approximate surface area is 161 Å². The number of amides is 1. The van der Waals surface area contributed by atoms with Crippen LogP contribution in [-0.4, -0.2) is 31.6 Å². The smallest absolute Gasteiger partial charge is 0.341 e. The first-order chi connectivity index (χ1) is 12.9. The van der Waals surface area contributed by atoms with Crippen molar-refractivity contribution < 1.29 is 23.9 Å². The molecular weight excluding hydrogens is 366 g/mol. The zero-order chi connectivity index (χ0) is 19.6. The number of fused-ring (bicyclic) bond motifs is 1. The summed E-state index contributed by atoms with van der Waals surface area (Å²) in [5.41, 5.74) is 3.67. The molecule has 0 bridgehead atoms. The predicted molar refractivity (Wildman–Crippen MR) is 103 cm³/mol. The van der Waals surface area contributed by atoms with Crippen molar-refractivity contribution in [1.29, 1.82) is 0 Å². The molecule has 1 heterocycles. The Morgan fingerprint density at radius 3 is 2.44 bits per heavy atom. The van der Waals surface area contributed by atoms with E-state index in [0.717, 1.165) is 40.8 Å². The van der Waals surface area contributed by atoms with Crippen molar-refractivity contribution in [2.24, 2.45) is 0 Å². The van der Waals surface area contributed by atoms with Gasteiger partial charge in [-0.2, -0.15) is 0 Å². The molecule has 27 heavy (non-hydrogen) atoms. The second-order valence-electron chi connectivity index (χ2n) is 6.55. The van der Waals surface area contributed by atoms with Crippen LogP contribution in [0.15, 0.2) is 18.2 Å². The molecule has 3 rings (SSSR count). The molecule has 1 aromatic carbocycles. The molecule has 2 aromatic rings. The molecule has 0 unspecified atom stereocenters. The van der Waals surface area contributed by atoms with Crippen molar-refractivity contribution in [1.82, 2.24) is 0 Å². The summed E-state index contributed by atoms with van der Waals surface area (Å²) in [5, 5.41) is 3.14. The predicted octanol–water partition coefficient (Wildman–Crippen LogP) is 3.44. The van der Waals surface area contributed by atoms with Crippen LogP contribution in [0.25, 0.3) is 0 Å². The van der Waals surface area contributed by atoms with Crippen LogP contribution in [-0.2, 0) is 27.1 Å². The number of ether oxygens (including phenoxy) is 2. The van der Waals surface area contributed by atoms with Crippen molar-refractivity contribution in [2.45, 2.75) is 33.1 Å². The van der Waals surface area contributed by atoms with Crippen LogP contribution in [0.3, 0.4) is 0 Å². The van der Waals surface area contributed by atoms with Gasteiger partial charge in [0, 0.05) is 4.88 Å². The molecule has 1 aliphatic carbocycles. The quantitative estimate of drug-likeness (QED) is 0.795. The number of benzene rings is 1. The van der Waals surface area contributed by atoms with E-state index in [1.54, 1.807) is 12.1 Å². The summed E-state index contributed by atoms with van der Waals surface area (Å²) < 4.78 is 9.97. The fourth-order valence-electron chi connectivity index (χ4n) is 3.28. The van der Waals surface area contributed by atoms with Gasteiger partial charge in [-0.05, 0) is 50.8 Å². The van der Waals surface area contributed by atoms with Gasteiger partial charge in [0.05, 0.1) is 18.2 Å². The largest absolute Gasteiger partial charge is 0.465 e. The zero-order valence-electron chi connectivity index (χ0n) is 15.5.